The molecule has 4 nitrogen and oxygen atoms in total. The number of nitrogens with two attached hydrogens (primary N) is 1. The van der Waals surface area contributed by atoms with Gasteiger partial charge in [-0.3, -0.25) is 0 Å². The molecule has 1 rings (SSSR count). The topological polar surface area (TPSA) is 86.7 Å². The van der Waals surface area contributed by atoms with Crippen LogP contribution in [0.15, 0.2) is 12.1 Å². The number of aromatic hydroxyl groups is 3. The lowest BCUT2D eigenvalue weighted by molar-refractivity contribution is 0.115. The number of phenolic OH excluding ortho intramolecular Hbond substituents is 3. The molecule has 0 unspecified atom stereocenters. The molecule has 1 aromatic carbocycles. The second kappa shape index (κ2) is 4.99. The largest absolute Gasteiger partial charge is 0.504 e. The van der Waals surface area contributed by atoms with E-state index in [1.807, 2.05) is 0 Å². The van der Waals surface area contributed by atoms with Gasteiger partial charge in [-0.2, -0.15) is 0 Å². The van der Waals surface area contributed by atoms with E-state index in [9.17, 15) is 13.9 Å². The molecule has 86 valence electrons. The fraction of sp³-hybridized carbons (Fsp3) is 0.250. The number of alkyl halides is 2. The minimum absolute atomic E-state index is 0. The third kappa shape index (κ3) is 2.60. The number of hydrogen-bond donors (Lipinski definition) is 4. The monoisotopic (exact) mass is 241 g/mol. The van der Waals surface area contributed by atoms with Crippen molar-refractivity contribution in [2.45, 2.75) is 12.5 Å². The van der Waals surface area contributed by atoms with Crippen molar-refractivity contribution in [1.82, 2.24) is 0 Å². The SMILES string of the molecule is Cl.N[C@H](c1ccc(O)c(O)c1O)C(F)F. The first kappa shape index (κ1) is 13.7. The highest BCUT2D eigenvalue weighted by atomic mass is 35.5. The van der Waals surface area contributed by atoms with Gasteiger partial charge in [0.25, 0.3) is 6.43 Å². The molecule has 0 fully saturated rings. The van der Waals surface area contributed by atoms with E-state index in [-0.39, 0.29) is 18.0 Å². The maximum absolute atomic E-state index is 12.1. The van der Waals surface area contributed by atoms with Crippen LogP contribution in [0, 0.1) is 0 Å². The van der Waals surface area contributed by atoms with Gasteiger partial charge in [-0.25, -0.2) is 8.78 Å². The Morgan fingerprint density at radius 2 is 1.60 bits per heavy atom. The number of rotatable bonds is 2. The van der Waals surface area contributed by atoms with Gasteiger partial charge in [0.05, 0.1) is 6.04 Å². The molecule has 0 saturated heterocycles. The van der Waals surface area contributed by atoms with Gasteiger partial charge >= 0.3 is 0 Å². The maximum atomic E-state index is 12.1. The smallest absolute Gasteiger partial charge is 0.257 e. The van der Waals surface area contributed by atoms with Crippen LogP contribution in [0.2, 0.25) is 0 Å². The van der Waals surface area contributed by atoms with Crippen molar-refractivity contribution >= 4 is 12.4 Å². The van der Waals surface area contributed by atoms with E-state index in [1.165, 1.54) is 0 Å². The second-order valence-corrected chi connectivity index (χ2v) is 2.73. The zero-order valence-corrected chi connectivity index (χ0v) is 8.21. The van der Waals surface area contributed by atoms with Gasteiger partial charge in [-0.05, 0) is 12.1 Å². The molecule has 5 N–H and O–H groups in total. The van der Waals surface area contributed by atoms with Crippen LogP contribution in [0.25, 0.3) is 0 Å². The molecule has 0 aliphatic rings. The summed E-state index contributed by atoms with van der Waals surface area (Å²) in [5.41, 5.74) is 4.74. The van der Waals surface area contributed by atoms with Crippen LogP contribution < -0.4 is 5.73 Å². The lowest BCUT2D eigenvalue weighted by atomic mass is 10.1. The molecule has 0 spiro atoms. The van der Waals surface area contributed by atoms with Crippen molar-refractivity contribution < 1.29 is 24.1 Å². The third-order valence-corrected chi connectivity index (χ3v) is 1.79. The van der Waals surface area contributed by atoms with Gasteiger partial charge in [0.15, 0.2) is 11.5 Å². The molecular formula is C8H10ClF2NO3. The van der Waals surface area contributed by atoms with Gasteiger partial charge < -0.3 is 21.1 Å². The zero-order chi connectivity index (χ0) is 10.9. The van der Waals surface area contributed by atoms with Crippen molar-refractivity contribution in [2.75, 3.05) is 0 Å². The first-order valence-electron chi connectivity index (χ1n) is 3.72. The van der Waals surface area contributed by atoms with Crippen LogP contribution in [0.5, 0.6) is 17.2 Å². The van der Waals surface area contributed by atoms with Gasteiger partial charge in [0.2, 0.25) is 5.75 Å². The van der Waals surface area contributed by atoms with Crippen LogP contribution in [0.4, 0.5) is 8.78 Å². The number of halogens is 3. The summed E-state index contributed by atoms with van der Waals surface area (Å²) in [6.45, 7) is 0. The van der Waals surface area contributed by atoms with Gasteiger partial charge in [0.1, 0.15) is 0 Å². The summed E-state index contributed by atoms with van der Waals surface area (Å²) in [5, 5.41) is 27.1. The van der Waals surface area contributed by atoms with Gasteiger partial charge in [-0.15, -0.1) is 12.4 Å². The molecule has 0 saturated carbocycles. The second-order valence-electron chi connectivity index (χ2n) is 2.73. The number of phenols is 3. The maximum Gasteiger partial charge on any atom is 0.257 e. The van der Waals surface area contributed by atoms with Crippen LogP contribution in [-0.2, 0) is 0 Å². The van der Waals surface area contributed by atoms with E-state index in [0.717, 1.165) is 12.1 Å². The molecule has 0 heterocycles. The fourth-order valence-electron chi connectivity index (χ4n) is 0.989. The minimum Gasteiger partial charge on any atom is -0.504 e. The van der Waals surface area contributed by atoms with E-state index < -0.39 is 29.7 Å². The Morgan fingerprint density at radius 1 is 1.07 bits per heavy atom. The normalized spacial score (nSPS) is 12.3. The minimum atomic E-state index is -2.86. The van der Waals surface area contributed by atoms with Crippen LogP contribution in [0.3, 0.4) is 0 Å². The quantitative estimate of drug-likeness (QED) is 0.591. The molecule has 1 aromatic rings. The third-order valence-electron chi connectivity index (χ3n) is 1.79. The van der Waals surface area contributed by atoms with Crippen molar-refractivity contribution in [2.24, 2.45) is 5.73 Å². The summed E-state index contributed by atoms with van der Waals surface area (Å²) >= 11 is 0. The summed E-state index contributed by atoms with van der Waals surface area (Å²) in [4.78, 5) is 0. The van der Waals surface area contributed by atoms with E-state index in [2.05, 4.69) is 0 Å². The Bertz CT molecular complexity index is 349. The standard InChI is InChI=1S/C8H9F2NO3.ClH/c9-8(10)5(11)3-1-2-4(12)7(14)6(3)13;/h1-2,5,8,12-14H,11H2;1H/t5-;/m1./s1. The number of benzene rings is 1. The lowest BCUT2D eigenvalue weighted by Gasteiger charge is -2.13. The highest BCUT2D eigenvalue weighted by Crippen LogP contribution is 2.40. The predicted octanol–water partition coefficient (Wildman–Crippen LogP) is 1.49. The summed E-state index contributed by atoms with van der Waals surface area (Å²) in [6.07, 6.45) is -2.86. The molecule has 15 heavy (non-hydrogen) atoms. The Labute approximate surface area is 90.4 Å². The summed E-state index contributed by atoms with van der Waals surface area (Å²) < 4.78 is 24.3. The van der Waals surface area contributed by atoms with E-state index in [0.29, 0.717) is 0 Å². The molecule has 0 amide bonds. The molecule has 0 radical (unpaired) electrons. The summed E-state index contributed by atoms with van der Waals surface area (Å²) in [6, 6.07) is 0.315. The average Bonchev–Trinajstić information content (AvgIpc) is 2.13. The van der Waals surface area contributed by atoms with Crippen LogP contribution in [0.1, 0.15) is 11.6 Å². The Hall–Kier alpha value is -1.27. The molecule has 0 aliphatic carbocycles. The molecule has 0 bridgehead atoms. The zero-order valence-electron chi connectivity index (χ0n) is 7.39. The molecular weight excluding hydrogens is 232 g/mol. The van der Waals surface area contributed by atoms with Crippen molar-refractivity contribution in [3.05, 3.63) is 17.7 Å². The summed E-state index contributed by atoms with van der Waals surface area (Å²) in [7, 11) is 0. The fourth-order valence-corrected chi connectivity index (χ4v) is 0.989. The van der Waals surface area contributed by atoms with Gasteiger partial charge in [0, 0.05) is 5.56 Å². The van der Waals surface area contributed by atoms with Crippen molar-refractivity contribution in [3.63, 3.8) is 0 Å². The highest BCUT2D eigenvalue weighted by molar-refractivity contribution is 5.85. The van der Waals surface area contributed by atoms with Gasteiger partial charge in [-0.1, -0.05) is 0 Å². The predicted molar refractivity (Wildman–Crippen MR) is 51.6 cm³/mol. The highest BCUT2D eigenvalue weighted by Gasteiger charge is 2.23. The summed E-state index contributed by atoms with van der Waals surface area (Å²) in [5.74, 6) is -2.26. The average molecular weight is 242 g/mol. The molecule has 0 aromatic heterocycles. The van der Waals surface area contributed by atoms with Crippen LogP contribution >= 0.6 is 12.4 Å². The molecule has 0 aliphatic heterocycles. The first-order chi connectivity index (χ1) is 6.45. The Kier molecular flexibility index (Phi) is 4.57. The Balaban J connectivity index is 0.00000196. The van der Waals surface area contributed by atoms with Crippen LogP contribution in [-0.4, -0.2) is 21.7 Å². The van der Waals surface area contributed by atoms with E-state index in [1.54, 1.807) is 0 Å². The molecule has 1 atom stereocenters. The van der Waals surface area contributed by atoms with Crippen molar-refractivity contribution in [1.29, 1.82) is 0 Å². The Morgan fingerprint density at radius 3 is 2.07 bits per heavy atom. The van der Waals surface area contributed by atoms with E-state index in [4.69, 9.17) is 15.9 Å². The van der Waals surface area contributed by atoms with Crippen molar-refractivity contribution in [3.8, 4) is 17.2 Å². The lowest BCUT2D eigenvalue weighted by Crippen LogP contribution is -2.18. The number of hydrogen-bond acceptors (Lipinski definition) is 4. The first-order valence-corrected chi connectivity index (χ1v) is 3.72. The van der Waals surface area contributed by atoms with E-state index >= 15 is 0 Å². The molecule has 7 heteroatoms.